The van der Waals surface area contributed by atoms with Crippen molar-refractivity contribution < 1.29 is 9.18 Å². The number of anilines is 2. The minimum Gasteiger partial charge on any atom is -0.376 e. The number of nitrogens with one attached hydrogen (secondary N) is 2. The van der Waals surface area contributed by atoms with Gasteiger partial charge in [-0.3, -0.25) is 4.79 Å². The third-order valence-corrected chi connectivity index (χ3v) is 2.96. The molecule has 0 aliphatic rings. The summed E-state index contributed by atoms with van der Waals surface area (Å²) < 4.78 is 13.0. The summed E-state index contributed by atoms with van der Waals surface area (Å²) in [6, 6.07) is 12.6. The fourth-order valence-corrected chi connectivity index (χ4v) is 1.80. The molecule has 2 aromatic carbocycles. The average Bonchev–Trinajstić information content (AvgIpc) is 2.49. The van der Waals surface area contributed by atoms with Gasteiger partial charge in [0.25, 0.3) is 0 Å². The molecule has 0 atom stereocenters. The van der Waals surface area contributed by atoms with Crippen molar-refractivity contribution in [3.63, 3.8) is 0 Å². The Labute approximate surface area is 126 Å². The maximum atomic E-state index is 13.0. The number of rotatable bonds is 4. The van der Waals surface area contributed by atoms with Crippen LogP contribution in [0.2, 0.25) is 5.02 Å². The lowest BCUT2D eigenvalue weighted by atomic mass is 10.2. The standard InChI is InChI=1S/C15H11ClFN3O/c16-13-7-12(5-6-14(13)17)19-9-15(21)20-11-3-1-10(8-18)2-4-11/h1-7,19H,9H2,(H,20,21). The van der Waals surface area contributed by atoms with Crippen molar-refractivity contribution >= 4 is 28.9 Å². The molecule has 106 valence electrons. The van der Waals surface area contributed by atoms with Crippen LogP contribution in [0, 0.1) is 17.1 Å². The van der Waals surface area contributed by atoms with E-state index in [0.717, 1.165) is 0 Å². The van der Waals surface area contributed by atoms with E-state index in [1.807, 2.05) is 6.07 Å². The average molecular weight is 304 g/mol. The third-order valence-electron chi connectivity index (χ3n) is 2.67. The fraction of sp³-hybridized carbons (Fsp3) is 0.0667. The highest BCUT2D eigenvalue weighted by atomic mass is 35.5. The molecule has 1 amide bonds. The Morgan fingerprint density at radius 3 is 2.48 bits per heavy atom. The Morgan fingerprint density at radius 1 is 1.19 bits per heavy atom. The van der Waals surface area contributed by atoms with Crippen LogP contribution in [-0.2, 0) is 4.79 Å². The molecule has 21 heavy (non-hydrogen) atoms. The molecule has 0 radical (unpaired) electrons. The molecule has 0 aromatic heterocycles. The molecule has 0 unspecified atom stereocenters. The summed E-state index contributed by atoms with van der Waals surface area (Å²) in [5.74, 6) is -0.774. The van der Waals surface area contributed by atoms with Gasteiger partial charge in [0, 0.05) is 11.4 Å². The van der Waals surface area contributed by atoms with Crippen LogP contribution in [-0.4, -0.2) is 12.5 Å². The minimum absolute atomic E-state index is 0.00694. The first-order valence-corrected chi connectivity index (χ1v) is 6.45. The molecule has 0 saturated heterocycles. The van der Waals surface area contributed by atoms with Gasteiger partial charge in [0.2, 0.25) is 5.91 Å². The lowest BCUT2D eigenvalue weighted by Crippen LogP contribution is -2.21. The molecule has 2 aromatic rings. The molecule has 2 N–H and O–H groups in total. The highest BCUT2D eigenvalue weighted by Crippen LogP contribution is 2.19. The van der Waals surface area contributed by atoms with Gasteiger partial charge >= 0.3 is 0 Å². The first-order valence-electron chi connectivity index (χ1n) is 6.07. The summed E-state index contributed by atoms with van der Waals surface area (Å²) in [7, 11) is 0. The zero-order valence-electron chi connectivity index (χ0n) is 10.9. The number of nitriles is 1. The normalized spacial score (nSPS) is 9.76. The Bertz CT molecular complexity index is 695. The van der Waals surface area contributed by atoms with Crippen molar-refractivity contribution in [2.75, 3.05) is 17.2 Å². The third kappa shape index (κ3) is 4.20. The van der Waals surface area contributed by atoms with Crippen molar-refractivity contribution in [1.82, 2.24) is 0 Å². The number of amides is 1. The highest BCUT2D eigenvalue weighted by molar-refractivity contribution is 6.31. The predicted molar refractivity (Wildman–Crippen MR) is 79.7 cm³/mol. The molecular weight excluding hydrogens is 293 g/mol. The number of hydrogen-bond donors (Lipinski definition) is 2. The molecule has 0 saturated carbocycles. The van der Waals surface area contributed by atoms with Crippen LogP contribution in [0.25, 0.3) is 0 Å². The number of hydrogen-bond acceptors (Lipinski definition) is 3. The lowest BCUT2D eigenvalue weighted by molar-refractivity contribution is -0.114. The van der Waals surface area contributed by atoms with Gasteiger partial charge in [-0.2, -0.15) is 5.26 Å². The van der Waals surface area contributed by atoms with Crippen molar-refractivity contribution in [2.45, 2.75) is 0 Å². The van der Waals surface area contributed by atoms with E-state index in [4.69, 9.17) is 16.9 Å². The summed E-state index contributed by atoms with van der Waals surface area (Å²) in [6.45, 7) is 0.0158. The maximum absolute atomic E-state index is 13.0. The van der Waals surface area contributed by atoms with Crippen molar-refractivity contribution in [3.05, 3.63) is 58.9 Å². The topological polar surface area (TPSA) is 64.9 Å². The number of benzene rings is 2. The zero-order chi connectivity index (χ0) is 15.2. The first kappa shape index (κ1) is 14.8. The van der Waals surface area contributed by atoms with Gasteiger partial charge in [-0.1, -0.05) is 11.6 Å². The van der Waals surface area contributed by atoms with E-state index in [1.165, 1.54) is 18.2 Å². The molecule has 0 fully saturated rings. The van der Waals surface area contributed by atoms with Crippen LogP contribution in [0.1, 0.15) is 5.56 Å². The monoisotopic (exact) mass is 303 g/mol. The SMILES string of the molecule is N#Cc1ccc(NC(=O)CNc2ccc(F)c(Cl)c2)cc1. The van der Waals surface area contributed by atoms with Crippen LogP contribution in [0.4, 0.5) is 15.8 Å². The maximum Gasteiger partial charge on any atom is 0.243 e. The molecule has 0 heterocycles. The Morgan fingerprint density at radius 2 is 1.86 bits per heavy atom. The summed E-state index contributed by atoms with van der Waals surface area (Å²) in [6.07, 6.45) is 0. The van der Waals surface area contributed by atoms with E-state index in [9.17, 15) is 9.18 Å². The van der Waals surface area contributed by atoms with Gasteiger partial charge < -0.3 is 10.6 Å². The van der Waals surface area contributed by atoms with Crippen LogP contribution >= 0.6 is 11.6 Å². The van der Waals surface area contributed by atoms with E-state index in [0.29, 0.717) is 16.9 Å². The van der Waals surface area contributed by atoms with Gasteiger partial charge in [0.05, 0.1) is 23.2 Å². The van der Waals surface area contributed by atoms with Crippen LogP contribution in [0.3, 0.4) is 0 Å². The number of halogens is 2. The highest BCUT2D eigenvalue weighted by Gasteiger charge is 2.04. The largest absolute Gasteiger partial charge is 0.376 e. The molecule has 0 bridgehead atoms. The van der Waals surface area contributed by atoms with Gasteiger partial charge in [0.1, 0.15) is 5.82 Å². The lowest BCUT2D eigenvalue weighted by Gasteiger charge is -2.08. The van der Waals surface area contributed by atoms with E-state index < -0.39 is 5.82 Å². The van der Waals surface area contributed by atoms with E-state index >= 15 is 0 Å². The molecule has 0 aliphatic heterocycles. The van der Waals surface area contributed by atoms with Crippen LogP contribution < -0.4 is 10.6 Å². The van der Waals surface area contributed by atoms with Gasteiger partial charge in [0.15, 0.2) is 0 Å². The molecular formula is C15H11ClFN3O. The molecule has 4 nitrogen and oxygen atoms in total. The van der Waals surface area contributed by atoms with Crippen molar-refractivity contribution in [1.29, 1.82) is 5.26 Å². The number of carbonyl (C=O) groups is 1. The second-order valence-corrected chi connectivity index (χ2v) is 4.63. The molecule has 6 heteroatoms. The zero-order valence-corrected chi connectivity index (χ0v) is 11.6. The summed E-state index contributed by atoms with van der Waals surface area (Å²) in [5.41, 5.74) is 1.67. The smallest absolute Gasteiger partial charge is 0.243 e. The summed E-state index contributed by atoms with van der Waals surface area (Å²) >= 11 is 5.65. The molecule has 2 rings (SSSR count). The van der Waals surface area contributed by atoms with Crippen LogP contribution in [0.15, 0.2) is 42.5 Å². The predicted octanol–water partition coefficient (Wildman–Crippen LogP) is 3.40. The van der Waals surface area contributed by atoms with Crippen molar-refractivity contribution in [3.8, 4) is 6.07 Å². The van der Waals surface area contributed by atoms with Gasteiger partial charge in [-0.25, -0.2) is 4.39 Å². The molecule has 0 spiro atoms. The first-order chi connectivity index (χ1) is 10.1. The van der Waals surface area contributed by atoms with E-state index in [1.54, 1.807) is 24.3 Å². The number of nitrogens with zero attached hydrogens (tertiary/aromatic N) is 1. The second kappa shape index (κ2) is 6.73. The summed E-state index contributed by atoms with van der Waals surface area (Å²) in [4.78, 5) is 11.7. The Hall–Kier alpha value is -2.58. The minimum atomic E-state index is -0.510. The van der Waals surface area contributed by atoms with Gasteiger partial charge in [-0.05, 0) is 42.5 Å². The number of carbonyl (C=O) groups excluding carboxylic acids is 1. The van der Waals surface area contributed by atoms with Gasteiger partial charge in [-0.15, -0.1) is 0 Å². The Kier molecular flexibility index (Phi) is 4.75. The van der Waals surface area contributed by atoms with E-state index in [2.05, 4.69) is 10.6 Å². The Balaban J connectivity index is 1.89. The fourth-order valence-electron chi connectivity index (χ4n) is 1.62. The molecule has 0 aliphatic carbocycles. The van der Waals surface area contributed by atoms with E-state index in [-0.39, 0.29) is 17.5 Å². The van der Waals surface area contributed by atoms with Crippen molar-refractivity contribution in [2.24, 2.45) is 0 Å². The quantitative estimate of drug-likeness (QED) is 0.910. The summed E-state index contributed by atoms with van der Waals surface area (Å²) in [5, 5.41) is 14.2. The van der Waals surface area contributed by atoms with Crippen LogP contribution in [0.5, 0.6) is 0 Å². The second-order valence-electron chi connectivity index (χ2n) is 4.22.